The fourth-order valence-corrected chi connectivity index (χ4v) is 2.76. The van der Waals surface area contributed by atoms with Crippen LogP contribution in [0.25, 0.3) is 0 Å². The van der Waals surface area contributed by atoms with Gasteiger partial charge in [0.05, 0.1) is 13.7 Å². The van der Waals surface area contributed by atoms with Crippen LogP contribution in [0.5, 0.6) is 11.5 Å². The zero-order valence-electron chi connectivity index (χ0n) is 15.5. The molecule has 0 spiro atoms. The number of hydrogen-bond acceptors (Lipinski definition) is 3. The number of carbonyl (C=O) groups is 1. The van der Waals surface area contributed by atoms with Crippen LogP contribution in [-0.4, -0.2) is 26.2 Å². The Morgan fingerprint density at radius 1 is 1.00 bits per heavy atom. The first-order chi connectivity index (χ1) is 12.0. The Labute approximate surface area is 150 Å². The topological polar surface area (TPSA) is 47.6 Å². The van der Waals surface area contributed by atoms with Gasteiger partial charge in [-0.2, -0.15) is 0 Å². The fourth-order valence-electron chi connectivity index (χ4n) is 2.76. The van der Waals surface area contributed by atoms with Crippen LogP contribution in [0.3, 0.4) is 0 Å². The lowest BCUT2D eigenvalue weighted by Crippen LogP contribution is -2.28. The quantitative estimate of drug-likeness (QED) is 0.744. The third-order valence-electron chi connectivity index (χ3n) is 4.11. The van der Waals surface area contributed by atoms with Crippen molar-refractivity contribution >= 4 is 5.91 Å². The van der Waals surface area contributed by atoms with E-state index in [1.807, 2.05) is 38.1 Å². The zero-order chi connectivity index (χ0) is 18.2. The summed E-state index contributed by atoms with van der Waals surface area (Å²) in [4.78, 5) is 12.0. The van der Waals surface area contributed by atoms with E-state index in [-0.39, 0.29) is 5.91 Å². The van der Waals surface area contributed by atoms with Gasteiger partial charge in [0.15, 0.2) is 0 Å². The van der Waals surface area contributed by atoms with Gasteiger partial charge in [-0.3, -0.25) is 4.79 Å². The fraction of sp³-hybridized carbons (Fsp3) is 0.381. The molecule has 4 heteroatoms. The third kappa shape index (κ3) is 5.82. The van der Waals surface area contributed by atoms with E-state index in [0.29, 0.717) is 26.0 Å². The van der Waals surface area contributed by atoms with Gasteiger partial charge in [-0.05, 0) is 56.0 Å². The highest BCUT2D eigenvalue weighted by molar-refractivity contribution is 5.76. The molecule has 0 unspecified atom stereocenters. The molecule has 25 heavy (non-hydrogen) atoms. The molecular weight excluding hydrogens is 314 g/mol. The van der Waals surface area contributed by atoms with Crippen LogP contribution in [0.1, 0.15) is 28.7 Å². The van der Waals surface area contributed by atoms with Crippen LogP contribution in [0.4, 0.5) is 0 Å². The van der Waals surface area contributed by atoms with Crippen LogP contribution < -0.4 is 14.8 Å². The number of benzene rings is 2. The van der Waals surface area contributed by atoms with Crippen LogP contribution >= 0.6 is 0 Å². The Bertz CT molecular complexity index is 725. The van der Waals surface area contributed by atoms with E-state index < -0.39 is 0 Å². The van der Waals surface area contributed by atoms with Crippen LogP contribution in [0, 0.1) is 20.8 Å². The molecule has 0 saturated heterocycles. The van der Waals surface area contributed by atoms with Gasteiger partial charge < -0.3 is 14.8 Å². The maximum Gasteiger partial charge on any atom is 0.220 e. The molecule has 0 saturated carbocycles. The third-order valence-corrected chi connectivity index (χ3v) is 4.11. The predicted octanol–water partition coefficient (Wildman–Crippen LogP) is 3.75. The molecule has 0 atom stereocenters. The van der Waals surface area contributed by atoms with Gasteiger partial charge in [0, 0.05) is 6.42 Å². The number of methoxy groups -OCH3 is 1. The maximum absolute atomic E-state index is 12.0. The summed E-state index contributed by atoms with van der Waals surface area (Å²) in [5, 5.41) is 2.90. The normalized spacial score (nSPS) is 10.4. The first kappa shape index (κ1) is 18.8. The number of amides is 1. The van der Waals surface area contributed by atoms with Crippen molar-refractivity contribution in [3.05, 3.63) is 58.7 Å². The number of hydrogen-bond donors (Lipinski definition) is 1. The minimum Gasteiger partial charge on any atom is -0.496 e. The highest BCUT2D eigenvalue weighted by atomic mass is 16.5. The van der Waals surface area contributed by atoms with Gasteiger partial charge in [-0.15, -0.1) is 0 Å². The molecule has 2 aromatic carbocycles. The molecule has 0 aliphatic carbocycles. The molecule has 2 rings (SSSR count). The molecule has 4 nitrogen and oxygen atoms in total. The van der Waals surface area contributed by atoms with Crippen molar-refractivity contribution in [3.8, 4) is 11.5 Å². The Morgan fingerprint density at radius 2 is 1.72 bits per heavy atom. The van der Waals surface area contributed by atoms with E-state index in [9.17, 15) is 4.79 Å². The lowest BCUT2D eigenvalue weighted by molar-refractivity contribution is -0.121. The number of ether oxygens (including phenoxy) is 2. The summed E-state index contributed by atoms with van der Waals surface area (Å²) in [6.07, 6.45) is 1.18. The molecule has 2 aromatic rings. The summed E-state index contributed by atoms with van der Waals surface area (Å²) in [5.41, 5.74) is 4.55. The van der Waals surface area contributed by atoms with E-state index in [0.717, 1.165) is 28.2 Å². The lowest BCUT2D eigenvalue weighted by Gasteiger charge is -2.11. The number of carbonyl (C=O) groups excluding carboxylic acids is 1. The highest BCUT2D eigenvalue weighted by Gasteiger charge is 2.05. The Balaban J connectivity index is 1.69. The van der Waals surface area contributed by atoms with Crippen LogP contribution in [0.15, 0.2) is 36.4 Å². The van der Waals surface area contributed by atoms with Crippen molar-refractivity contribution in [2.75, 3.05) is 20.3 Å². The van der Waals surface area contributed by atoms with Crippen molar-refractivity contribution in [1.29, 1.82) is 0 Å². The molecule has 0 bridgehead atoms. The van der Waals surface area contributed by atoms with Gasteiger partial charge in [0.2, 0.25) is 5.91 Å². The smallest absolute Gasteiger partial charge is 0.220 e. The standard InChI is InChI=1S/C21H27NO3/c1-15-5-8-20(16(2)13-15)25-12-11-22-21(23)10-7-18-6-9-19(24-4)17(3)14-18/h5-6,8-9,13-14H,7,10-12H2,1-4H3,(H,22,23). The largest absolute Gasteiger partial charge is 0.496 e. The number of nitrogens with one attached hydrogen (secondary N) is 1. The van der Waals surface area contributed by atoms with Crippen molar-refractivity contribution in [1.82, 2.24) is 5.32 Å². The maximum atomic E-state index is 12.0. The molecule has 0 aromatic heterocycles. The number of rotatable bonds is 8. The van der Waals surface area contributed by atoms with Crippen molar-refractivity contribution < 1.29 is 14.3 Å². The highest BCUT2D eigenvalue weighted by Crippen LogP contribution is 2.19. The van der Waals surface area contributed by atoms with E-state index in [4.69, 9.17) is 9.47 Å². The van der Waals surface area contributed by atoms with E-state index in [2.05, 4.69) is 24.4 Å². The van der Waals surface area contributed by atoms with Crippen molar-refractivity contribution in [3.63, 3.8) is 0 Å². The first-order valence-corrected chi connectivity index (χ1v) is 8.60. The van der Waals surface area contributed by atoms with E-state index in [1.54, 1.807) is 7.11 Å². The van der Waals surface area contributed by atoms with Gasteiger partial charge in [0.1, 0.15) is 18.1 Å². The summed E-state index contributed by atoms with van der Waals surface area (Å²) in [6.45, 7) is 7.07. The summed E-state index contributed by atoms with van der Waals surface area (Å²) >= 11 is 0. The SMILES string of the molecule is COc1ccc(CCC(=O)NCCOc2ccc(C)cc2C)cc1C. The monoisotopic (exact) mass is 341 g/mol. The van der Waals surface area contributed by atoms with Gasteiger partial charge in [-0.25, -0.2) is 0 Å². The number of aryl methyl sites for hydroxylation is 4. The Hall–Kier alpha value is -2.49. The van der Waals surface area contributed by atoms with E-state index in [1.165, 1.54) is 5.56 Å². The minimum absolute atomic E-state index is 0.0395. The van der Waals surface area contributed by atoms with Crippen LogP contribution in [-0.2, 0) is 11.2 Å². The zero-order valence-corrected chi connectivity index (χ0v) is 15.5. The minimum atomic E-state index is 0.0395. The molecular formula is C21H27NO3. The van der Waals surface area contributed by atoms with Gasteiger partial charge in [-0.1, -0.05) is 29.8 Å². The molecule has 0 fully saturated rings. The second-order valence-corrected chi connectivity index (χ2v) is 6.27. The van der Waals surface area contributed by atoms with Crippen molar-refractivity contribution in [2.24, 2.45) is 0 Å². The molecule has 134 valence electrons. The Kier molecular flexibility index (Phi) is 6.87. The Morgan fingerprint density at radius 3 is 2.40 bits per heavy atom. The predicted molar refractivity (Wildman–Crippen MR) is 100 cm³/mol. The average molecular weight is 341 g/mol. The summed E-state index contributed by atoms with van der Waals surface area (Å²) < 4.78 is 11.0. The molecule has 0 aliphatic heterocycles. The molecule has 1 N–H and O–H groups in total. The lowest BCUT2D eigenvalue weighted by atomic mass is 10.1. The second kappa shape index (κ2) is 9.11. The molecule has 0 aliphatic rings. The molecule has 0 heterocycles. The molecule has 0 radical (unpaired) electrons. The average Bonchev–Trinajstić information content (AvgIpc) is 2.58. The summed E-state index contributed by atoms with van der Waals surface area (Å²) in [5.74, 6) is 1.78. The molecule has 1 amide bonds. The van der Waals surface area contributed by atoms with E-state index >= 15 is 0 Å². The first-order valence-electron chi connectivity index (χ1n) is 8.60. The van der Waals surface area contributed by atoms with Gasteiger partial charge in [0.25, 0.3) is 0 Å². The van der Waals surface area contributed by atoms with Gasteiger partial charge >= 0.3 is 0 Å². The van der Waals surface area contributed by atoms with Crippen LogP contribution in [0.2, 0.25) is 0 Å². The summed E-state index contributed by atoms with van der Waals surface area (Å²) in [7, 11) is 1.66. The summed E-state index contributed by atoms with van der Waals surface area (Å²) in [6, 6.07) is 12.1. The van der Waals surface area contributed by atoms with Crippen molar-refractivity contribution in [2.45, 2.75) is 33.6 Å². The second-order valence-electron chi connectivity index (χ2n) is 6.27.